The number of hydrogen-bond acceptors (Lipinski definition) is 17. The third-order valence-electron chi connectivity index (χ3n) is 10.4. The van der Waals surface area contributed by atoms with Crippen LogP contribution in [0.1, 0.15) is 49.2 Å². The van der Waals surface area contributed by atoms with Gasteiger partial charge in [-0.1, -0.05) is 13.8 Å². The number of benzene rings is 1. The minimum Gasteiger partial charge on any atom is -0.476 e. The van der Waals surface area contributed by atoms with Gasteiger partial charge in [-0.3, -0.25) is 19.7 Å². The number of carbonyl (C=O) groups excluding carboxylic acids is 2. The lowest BCUT2D eigenvalue weighted by Gasteiger charge is -2.41. The van der Waals surface area contributed by atoms with Gasteiger partial charge in [0, 0.05) is 51.5 Å². The van der Waals surface area contributed by atoms with Crippen molar-refractivity contribution in [2.45, 2.75) is 44.6 Å². The Morgan fingerprint density at radius 3 is 2.19 bits per heavy atom. The molecule has 3 heterocycles. The average molecular weight is 803 g/mol. The van der Waals surface area contributed by atoms with Crippen molar-refractivity contribution in [3.63, 3.8) is 0 Å². The highest BCUT2D eigenvalue weighted by atomic mass is 16.6. The van der Waals surface area contributed by atoms with E-state index in [9.17, 15) is 24.8 Å². The third kappa shape index (κ3) is 11.0. The molecule has 20 heteroatoms. The van der Waals surface area contributed by atoms with Crippen molar-refractivity contribution in [2.24, 2.45) is 17.6 Å². The Morgan fingerprint density at radius 2 is 1.61 bits per heavy atom. The molecule has 1 aliphatic heterocycles. The summed E-state index contributed by atoms with van der Waals surface area (Å²) >= 11 is 0. The number of fused-ring (bicyclic) bond motifs is 1. The number of carbonyl (C=O) groups is 2. The molecule has 2 fully saturated rings. The Hall–Kier alpha value is -4.73. The van der Waals surface area contributed by atoms with Gasteiger partial charge in [-0.25, -0.2) is 9.61 Å². The van der Waals surface area contributed by atoms with Crippen LogP contribution in [0.4, 0.5) is 17.1 Å². The molecule has 0 bridgehead atoms. The van der Waals surface area contributed by atoms with Crippen molar-refractivity contribution in [2.75, 3.05) is 110 Å². The second kappa shape index (κ2) is 21.1. The number of nitro groups is 1. The second-order valence-corrected chi connectivity index (χ2v) is 13.9. The molecule has 2 aliphatic rings. The summed E-state index contributed by atoms with van der Waals surface area (Å²) < 4.78 is 38.6. The maximum Gasteiger partial charge on any atom is 0.300 e. The fourth-order valence-corrected chi connectivity index (χ4v) is 6.72. The molecule has 2 atom stereocenters. The highest BCUT2D eigenvalue weighted by Crippen LogP contribution is 2.42. The zero-order valence-electron chi connectivity index (χ0n) is 32.7. The molecule has 0 spiro atoms. The molecule has 2 amide bonds. The number of nitrogens with two attached hydrogens (primary N) is 1. The fourth-order valence-electron chi connectivity index (χ4n) is 6.72. The molecule has 1 saturated heterocycles. The van der Waals surface area contributed by atoms with Gasteiger partial charge < -0.3 is 54.8 Å². The number of pyridine rings is 1. The van der Waals surface area contributed by atoms with Crippen LogP contribution in [0.3, 0.4) is 0 Å². The molecule has 0 unspecified atom stereocenters. The van der Waals surface area contributed by atoms with E-state index in [-0.39, 0.29) is 71.9 Å². The van der Waals surface area contributed by atoms with Gasteiger partial charge in [0.2, 0.25) is 17.3 Å². The maximum absolute atomic E-state index is 13.9. The molecule has 0 radical (unpaired) electrons. The average Bonchev–Trinajstić information content (AvgIpc) is 3.78. The van der Waals surface area contributed by atoms with E-state index in [0.29, 0.717) is 102 Å². The summed E-state index contributed by atoms with van der Waals surface area (Å²) in [7, 11) is 1.66. The van der Waals surface area contributed by atoms with E-state index in [1.807, 2.05) is 19.9 Å². The number of methoxy groups -OCH3 is 1. The van der Waals surface area contributed by atoms with E-state index in [4.69, 9.17) is 34.2 Å². The van der Waals surface area contributed by atoms with Gasteiger partial charge in [-0.2, -0.15) is 0 Å². The number of nitrogens with one attached hydrogen (secondary N) is 2. The monoisotopic (exact) mass is 802 g/mol. The van der Waals surface area contributed by atoms with Crippen molar-refractivity contribution in [1.29, 1.82) is 0 Å². The lowest BCUT2D eigenvalue weighted by molar-refractivity contribution is -0.383. The van der Waals surface area contributed by atoms with Crippen molar-refractivity contribution < 1.29 is 52.7 Å². The Balaban J connectivity index is 0.979. The first-order valence-corrected chi connectivity index (χ1v) is 19.3. The summed E-state index contributed by atoms with van der Waals surface area (Å²) in [6, 6.07) is 4.71. The molecule has 20 nitrogen and oxygen atoms in total. The van der Waals surface area contributed by atoms with Crippen LogP contribution in [0.25, 0.3) is 11.0 Å². The predicted molar refractivity (Wildman–Crippen MR) is 205 cm³/mol. The van der Waals surface area contributed by atoms with E-state index in [0.717, 1.165) is 6.42 Å². The number of anilines is 2. The number of amides is 2. The van der Waals surface area contributed by atoms with E-state index >= 15 is 0 Å². The molecule has 57 heavy (non-hydrogen) atoms. The van der Waals surface area contributed by atoms with E-state index in [1.165, 1.54) is 6.07 Å². The van der Waals surface area contributed by atoms with Crippen LogP contribution in [0.2, 0.25) is 0 Å². The lowest BCUT2D eigenvalue weighted by atomic mass is 9.73. The minimum absolute atomic E-state index is 0.00210. The van der Waals surface area contributed by atoms with E-state index in [2.05, 4.69) is 35.5 Å². The normalized spacial score (nSPS) is 16.7. The molecule has 314 valence electrons. The summed E-state index contributed by atoms with van der Waals surface area (Å²) in [5.74, 6) is -0.315. The molecule has 1 saturated carbocycles. The quantitative estimate of drug-likeness (QED) is 0.0464. The minimum atomic E-state index is -1.09. The highest BCUT2D eigenvalue weighted by Gasteiger charge is 2.43. The maximum atomic E-state index is 13.9. The summed E-state index contributed by atoms with van der Waals surface area (Å²) in [5.41, 5.74) is 6.64. The number of aliphatic hydroxyl groups excluding tert-OH is 1. The third-order valence-corrected chi connectivity index (χ3v) is 10.4. The number of nitrogens with zero attached hydrogens (tertiary/aromatic N) is 5. The van der Waals surface area contributed by atoms with Crippen LogP contribution in [-0.4, -0.2) is 143 Å². The number of rotatable bonds is 28. The standard InChI is InChI=1S/C37H54N8O12/c1-4-37(5-2,27-19-30(44-20-26(21-44)51-3)35(41-31(27)34(38)47)56-23-25-18-24(25)22-46)36(48)40-9-11-53-13-15-55-17-16-54-14-12-52-10-8-39-28-6-7-29(45(49)50)33-32(28)42-57-43-33/h6-7,19,24-26,39,46H,4-5,8-18,20-23H2,1-3H3,(H2,38,47)(H,40,48)/t24-,25-/m1/s1. The molecule has 1 aliphatic carbocycles. The molecule has 1 aromatic carbocycles. The van der Waals surface area contributed by atoms with Gasteiger partial charge in [0.05, 0.1) is 81.6 Å². The van der Waals surface area contributed by atoms with Crippen molar-refractivity contribution in [1.82, 2.24) is 20.6 Å². The van der Waals surface area contributed by atoms with Crippen molar-refractivity contribution >= 4 is 39.9 Å². The molecular formula is C37H54N8O12. The Bertz CT molecular complexity index is 1780. The van der Waals surface area contributed by atoms with Gasteiger partial charge in [-0.15, -0.1) is 0 Å². The number of non-ortho nitro benzene ring substituents is 1. The zero-order valence-corrected chi connectivity index (χ0v) is 32.7. The number of hydrogen-bond donors (Lipinski definition) is 4. The Kier molecular flexibility index (Phi) is 16.1. The number of primary amides is 1. The van der Waals surface area contributed by atoms with Crippen LogP contribution < -0.4 is 26.0 Å². The number of aromatic nitrogens is 3. The van der Waals surface area contributed by atoms with Crippen LogP contribution in [0.15, 0.2) is 22.8 Å². The second-order valence-electron chi connectivity index (χ2n) is 13.9. The highest BCUT2D eigenvalue weighted by molar-refractivity contribution is 5.98. The Morgan fingerprint density at radius 1 is 0.982 bits per heavy atom. The number of nitro benzene ring substituents is 1. The van der Waals surface area contributed by atoms with E-state index < -0.39 is 16.2 Å². The molecule has 5 N–H and O–H groups in total. The number of ether oxygens (including phenoxy) is 6. The predicted octanol–water partition coefficient (Wildman–Crippen LogP) is 1.82. The Labute approximate surface area is 330 Å². The van der Waals surface area contributed by atoms with Crippen LogP contribution >= 0.6 is 0 Å². The lowest BCUT2D eigenvalue weighted by Crippen LogP contribution is -2.52. The van der Waals surface area contributed by atoms with Gasteiger partial charge in [-0.05, 0) is 53.5 Å². The molecule has 3 aromatic rings. The fraction of sp³-hybridized carbons (Fsp3) is 0.649. The smallest absolute Gasteiger partial charge is 0.300 e. The summed E-state index contributed by atoms with van der Waals surface area (Å²) in [6.07, 6.45) is 1.70. The SMILES string of the molecule is CCC(CC)(C(=O)NCCOCCOCCOCCOCCNc1ccc([N+](=O)[O-])c2nonc12)c1cc(N2CC(OC)C2)c(OC[C@H]2C[C@@H]2CO)nc1C(N)=O. The molecular weight excluding hydrogens is 748 g/mol. The van der Waals surface area contributed by atoms with E-state index in [1.54, 1.807) is 13.2 Å². The zero-order chi connectivity index (χ0) is 40.8. The summed E-state index contributed by atoms with van der Waals surface area (Å²) in [4.78, 5) is 44.0. The molecule has 5 rings (SSSR count). The molecule has 2 aromatic heterocycles. The first kappa shape index (κ1) is 43.4. The van der Waals surface area contributed by atoms with Crippen molar-refractivity contribution in [3.05, 3.63) is 39.6 Å². The van der Waals surface area contributed by atoms with Crippen molar-refractivity contribution in [3.8, 4) is 5.88 Å². The topological polar surface area (TPSA) is 258 Å². The first-order valence-electron chi connectivity index (χ1n) is 19.3. The van der Waals surface area contributed by atoms with Crippen LogP contribution in [0, 0.1) is 22.0 Å². The van der Waals surface area contributed by atoms with Crippen LogP contribution in [-0.2, 0) is 33.9 Å². The summed E-state index contributed by atoms with van der Waals surface area (Å²) in [5, 5.41) is 34.0. The van der Waals surface area contributed by atoms with Gasteiger partial charge in [0.25, 0.3) is 5.91 Å². The number of aliphatic hydroxyl groups is 1. The largest absolute Gasteiger partial charge is 0.476 e. The summed E-state index contributed by atoms with van der Waals surface area (Å²) in [6.45, 7) is 8.94. The van der Waals surface area contributed by atoms with Crippen LogP contribution in [0.5, 0.6) is 5.88 Å². The van der Waals surface area contributed by atoms with Gasteiger partial charge >= 0.3 is 5.69 Å². The first-order chi connectivity index (χ1) is 27.7. The van der Waals surface area contributed by atoms with Gasteiger partial charge in [0.15, 0.2) is 5.52 Å². The van der Waals surface area contributed by atoms with Gasteiger partial charge in [0.1, 0.15) is 11.4 Å².